The number of likely N-dealkylation sites (tertiary alicyclic amines) is 1. The smallest absolute Gasteiger partial charge is 0.227 e. The molecule has 1 N–H and O–H groups in total. The van der Waals surface area contributed by atoms with Crippen LogP contribution < -0.4 is 19.7 Å². The van der Waals surface area contributed by atoms with Crippen LogP contribution in [0.15, 0.2) is 48.5 Å². The zero-order valence-corrected chi connectivity index (χ0v) is 18.6. The molecule has 0 bridgehead atoms. The maximum Gasteiger partial charge on any atom is 0.227 e. The van der Waals surface area contributed by atoms with Crippen LogP contribution in [0.4, 0.5) is 5.69 Å². The number of para-hydroxylation sites is 3. The molecule has 2 aromatic rings. The average Bonchev–Trinajstić information content (AvgIpc) is 3.37. The van der Waals surface area contributed by atoms with Crippen LogP contribution in [0.25, 0.3) is 0 Å². The molecule has 170 valence electrons. The van der Waals surface area contributed by atoms with E-state index >= 15 is 0 Å². The molecule has 1 atom stereocenters. The van der Waals surface area contributed by atoms with Gasteiger partial charge in [-0.25, -0.2) is 0 Å². The molecule has 2 aromatic carbocycles. The van der Waals surface area contributed by atoms with Crippen LogP contribution in [-0.4, -0.2) is 56.6 Å². The molecule has 0 spiro atoms. The standard InChI is InChI=1S/C25H31N3O4/c1-31-22-10-4-2-8-19(22)21(27-14-6-7-15-27)18-26-24(29)12-13-25(30)28-16-17-32-23-11-5-3-9-20(23)28/h2-5,8-11,21H,6-7,12-18H2,1H3,(H,26,29). The third-order valence-electron chi connectivity index (χ3n) is 6.17. The molecule has 4 rings (SSSR count). The number of carbonyl (C=O) groups excluding carboxylic acids is 2. The van der Waals surface area contributed by atoms with Gasteiger partial charge >= 0.3 is 0 Å². The molecule has 0 aliphatic carbocycles. The Hall–Kier alpha value is -3.06. The minimum atomic E-state index is -0.112. The van der Waals surface area contributed by atoms with Gasteiger partial charge in [-0.1, -0.05) is 30.3 Å². The van der Waals surface area contributed by atoms with Gasteiger partial charge in [0.1, 0.15) is 18.1 Å². The highest BCUT2D eigenvalue weighted by Gasteiger charge is 2.27. The van der Waals surface area contributed by atoms with Crippen molar-refractivity contribution in [2.45, 2.75) is 31.7 Å². The maximum atomic E-state index is 12.8. The van der Waals surface area contributed by atoms with Crippen molar-refractivity contribution in [1.29, 1.82) is 0 Å². The number of hydrogen-bond donors (Lipinski definition) is 1. The van der Waals surface area contributed by atoms with Crippen LogP contribution in [0.2, 0.25) is 0 Å². The number of hydrogen-bond acceptors (Lipinski definition) is 5. The van der Waals surface area contributed by atoms with Gasteiger partial charge in [-0.3, -0.25) is 14.5 Å². The molecule has 7 nitrogen and oxygen atoms in total. The predicted octanol–water partition coefficient (Wildman–Crippen LogP) is 3.15. The summed E-state index contributed by atoms with van der Waals surface area (Å²) in [6.45, 7) is 3.47. The van der Waals surface area contributed by atoms with Gasteiger partial charge in [0.2, 0.25) is 11.8 Å². The molecule has 2 heterocycles. The number of methoxy groups -OCH3 is 1. The van der Waals surface area contributed by atoms with E-state index in [-0.39, 0.29) is 30.7 Å². The molecule has 2 aliphatic rings. The lowest BCUT2D eigenvalue weighted by molar-refractivity contribution is -0.125. The summed E-state index contributed by atoms with van der Waals surface area (Å²) < 4.78 is 11.2. The van der Waals surface area contributed by atoms with E-state index in [0.29, 0.717) is 25.4 Å². The van der Waals surface area contributed by atoms with E-state index in [9.17, 15) is 9.59 Å². The molecule has 2 aliphatic heterocycles. The van der Waals surface area contributed by atoms with Crippen molar-refractivity contribution in [3.63, 3.8) is 0 Å². The first-order valence-corrected chi connectivity index (χ1v) is 11.3. The lowest BCUT2D eigenvalue weighted by atomic mass is 10.0. The minimum absolute atomic E-state index is 0.0550. The fraction of sp³-hybridized carbons (Fsp3) is 0.440. The number of rotatable bonds is 8. The molecular weight excluding hydrogens is 406 g/mol. The first-order valence-electron chi connectivity index (χ1n) is 11.3. The number of nitrogens with zero attached hydrogens (tertiary/aromatic N) is 2. The summed E-state index contributed by atoms with van der Waals surface area (Å²) in [4.78, 5) is 29.5. The normalized spacial score (nSPS) is 16.7. The first kappa shape index (κ1) is 22.1. The number of amides is 2. The summed E-state index contributed by atoms with van der Waals surface area (Å²) >= 11 is 0. The van der Waals surface area contributed by atoms with Crippen molar-refractivity contribution in [2.75, 3.05) is 44.8 Å². The second-order valence-electron chi connectivity index (χ2n) is 8.17. The molecule has 0 radical (unpaired) electrons. The summed E-state index contributed by atoms with van der Waals surface area (Å²) in [6.07, 6.45) is 2.66. The number of anilines is 1. The quantitative estimate of drug-likeness (QED) is 0.687. The fourth-order valence-electron chi connectivity index (χ4n) is 4.51. The van der Waals surface area contributed by atoms with Crippen LogP contribution in [0.5, 0.6) is 11.5 Å². The Labute approximate surface area is 189 Å². The molecule has 1 unspecified atom stereocenters. The summed E-state index contributed by atoms with van der Waals surface area (Å²) in [5.74, 6) is 1.37. The Morgan fingerprint density at radius 3 is 2.59 bits per heavy atom. The van der Waals surface area contributed by atoms with Crippen molar-refractivity contribution in [2.24, 2.45) is 0 Å². The molecular formula is C25H31N3O4. The van der Waals surface area contributed by atoms with E-state index in [1.807, 2.05) is 42.5 Å². The van der Waals surface area contributed by atoms with Crippen LogP contribution in [0, 0.1) is 0 Å². The number of fused-ring (bicyclic) bond motifs is 1. The van der Waals surface area contributed by atoms with E-state index in [2.05, 4.69) is 16.3 Å². The highest BCUT2D eigenvalue weighted by Crippen LogP contribution is 2.32. The van der Waals surface area contributed by atoms with Gasteiger partial charge < -0.3 is 19.7 Å². The van der Waals surface area contributed by atoms with Crippen molar-refractivity contribution >= 4 is 17.5 Å². The van der Waals surface area contributed by atoms with E-state index < -0.39 is 0 Å². The third kappa shape index (κ3) is 5.05. The van der Waals surface area contributed by atoms with E-state index in [1.165, 1.54) is 0 Å². The van der Waals surface area contributed by atoms with Crippen molar-refractivity contribution in [1.82, 2.24) is 10.2 Å². The first-order chi connectivity index (χ1) is 15.7. The third-order valence-corrected chi connectivity index (χ3v) is 6.17. The second kappa shape index (κ2) is 10.5. The Balaban J connectivity index is 1.34. The highest BCUT2D eigenvalue weighted by atomic mass is 16.5. The summed E-state index contributed by atoms with van der Waals surface area (Å²) in [7, 11) is 1.67. The van der Waals surface area contributed by atoms with Crippen molar-refractivity contribution < 1.29 is 19.1 Å². The molecule has 0 aromatic heterocycles. The fourth-order valence-corrected chi connectivity index (χ4v) is 4.51. The zero-order chi connectivity index (χ0) is 22.3. The lowest BCUT2D eigenvalue weighted by Gasteiger charge is -2.30. The molecule has 32 heavy (non-hydrogen) atoms. The Kier molecular flexibility index (Phi) is 7.27. The van der Waals surface area contributed by atoms with Gasteiger partial charge in [-0.2, -0.15) is 0 Å². The van der Waals surface area contributed by atoms with Crippen molar-refractivity contribution in [3.8, 4) is 11.5 Å². The van der Waals surface area contributed by atoms with Crippen LogP contribution in [-0.2, 0) is 9.59 Å². The Morgan fingerprint density at radius 2 is 1.78 bits per heavy atom. The second-order valence-corrected chi connectivity index (χ2v) is 8.17. The highest BCUT2D eigenvalue weighted by molar-refractivity contribution is 5.97. The van der Waals surface area contributed by atoms with Crippen LogP contribution in [0.1, 0.15) is 37.3 Å². The molecule has 7 heteroatoms. The molecule has 1 saturated heterocycles. The number of ether oxygens (including phenoxy) is 2. The van der Waals surface area contributed by atoms with Gasteiger partial charge in [0.25, 0.3) is 0 Å². The van der Waals surface area contributed by atoms with Crippen LogP contribution >= 0.6 is 0 Å². The van der Waals surface area contributed by atoms with Gasteiger partial charge in [-0.05, 0) is 44.1 Å². The largest absolute Gasteiger partial charge is 0.496 e. The van der Waals surface area contributed by atoms with Gasteiger partial charge in [0.05, 0.1) is 25.4 Å². The average molecular weight is 438 g/mol. The maximum absolute atomic E-state index is 12.8. The van der Waals surface area contributed by atoms with Gasteiger partial charge in [0.15, 0.2) is 0 Å². The van der Waals surface area contributed by atoms with E-state index in [1.54, 1.807) is 12.0 Å². The molecule has 2 amide bonds. The Bertz CT molecular complexity index is 942. The predicted molar refractivity (Wildman–Crippen MR) is 123 cm³/mol. The van der Waals surface area contributed by atoms with Gasteiger partial charge in [0, 0.05) is 24.9 Å². The summed E-state index contributed by atoms with van der Waals surface area (Å²) in [5.41, 5.74) is 1.85. The zero-order valence-electron chi connectivity index (χ0n) is 18.6. The summed E-state index contributed by atoms with van der Waals surface area (Å²) in [5, 5.41) is 3.06. The topological polar surface area (TPSA) is 71.1 Å². The van der Waals surface area contributed by atoms with E-state index in [0.717, 1.165) is 42.9 Å². The van der Waals surface area contributed by atoms with Gasteiger partial charge in [-0.15, -0.1) is 0 Å². The lowest BCUT2D eigenvalue weighted by Crippen LogP contribution is -2.39. The SMILES string of the molecule is COc1ccccc1C(CNC(=O)CCC(=O)N1CCOc2ccccc21)N1CCCC1. The molecule has 1 fully saturated rings. The monoisotopic (exact) mass is 437 g/mol. The van der Waals surface area contributed by atoms with E-state index in [4.69, 9.17) is 9.47 Å². The number of carbonyl (C=O) groups is 2. The number of nitrogens with one attached hydrogen (secondary N) is 1. The molecule has 0 saturated carbocycles. The van der Waals surface area contributed by atoms with Crippen LogP contribution in [0.3, 0.4) is 0 Å². The van der Waals surface area contributed by atoms with Crippen molar-refractivity contribution in [3.05, 3.63) is 54.1 Å². The number of benzene rings is 2. The summed E-state index contributed by atoms with van der Waals surface area (Å²) in [6, 6.07) is 15.5. The Morgan fingerprint density at radius 1 is 1.03 bits per heavy atom. The minimum Gasteiger partial charge on any atom is -0.496 e.